The largest absolute Gasteiger partial charge is 0.328 e. The van der Waals surface area contributed by atoms with Crippen LogP contribution in [-0.4, -0.2) is 41.0 Å². The van der Waals surface area contributed by atoms with E-state index in [1.54, 1.807) is 6.20 Å². The van der Waals surface area contributed by atoms with Gasteiger partial charge in [-0.3, -0.25) is 9.69 Å². The predicted molar refractivity (Wildman–Crippen MR) is 133 cm³/mol. The van der Waals surface area contributed by atoms with Crippen molar-refractivity contribution in [3.8, 4) is 22.4 Å². The van der Waals surface area contributed by atoms with Crippen LogP contribution in [0.1, 0.15) is 18.4 Å². The van der Waals surface area contributed by atoms with Gasteiger partial charge in [-0.25, -0.2) is 4.98 Å². The number of hydrogen-bond acceptors (Lipinski definition) is 4. The van der Waals surface area contributed by atoms with E-state index < -0.39 is 0 Å². The van der Waals surface area contributed by atoms with Crippen LogP contribution in [0.15, 0.2) is 77.7 Å². The van der Waals surface area contributed by atoms with Crippen LogP contribution in [-0.2, 0) is 6.54 Å². The van der Waals surface area contributed by atoms with E-state index >= 15 is 0 Å². The van der Waals surface area contributed by atoms with Gasteiger partial charge in [0.2, 0.25) is 0 Å². The molecule has 33 heavy (non-hydrogen) atoms. The molecule has 0 atom stereocenters. The summed E-state index contributed by atoms with van der Waals surface area (Å²) in [5, 5.41) is 4.09. The average Bonchev–Trinajstić information content (AvgIpc) is 2.84. The highest BCUT2D eigenvalue weighted by Crippen LogP contribution is 2.39. The highest BCUT2D eigenvalue weighted by atomic mass is 16.1. The predicted octanol–water partition coefficient (Wildman–Crippen LogP) is 4.44. The molecule has 0 saturated carbocycles. The summed E-state index contributed by atoms with van der Waals surface area (Å²) in [6.07, 6.45) is 4.28. The van der Waals surface area contributed by atoms with Gasteiger partial charge in [0.05, 0.1) is 16.6 Å². The number of H-pyrrole nitrogens is 1. The van der Waals surface area contributed by atoms with Crippen molar-refractivity contribution in [1.29, 1.82) is 0 Å². The first-order valence-corrected chi connectivity index (χ1v) is 11.8. The molecule has 2 aliphatic rings. The Morgan fingerprint density at radius 3 is 2.42 bits per heavy atom. The number of aromatic nitrogens is 2. The van der Waals surface area contributed by atoms with Gasteiger partial charge in [0.15, 0.2) is 0 Å². The lowest BCUT2D eigenvalue weighted by atomic mass is 9.72. The molecule has 2 N–H and O–H groups in total. The van der Waals surface area contributed by atoms with Crippen LogP contribution in [0.4, 0.5) is 0 Å². The third-order valence-electron chi connectivity index (χ3n) is 7.25. The lowest BCUT2D eigenvalue weighted by molar-refractivity contribution is -0.0282. The lowest BCUT2D eigenvalue weighted by Crippen LogP contribution is -2.59. The van der Waals surface area contributed by atoms with E-state index in [2.05, 4.69) is 51.6 Å². The van der Waals surface area contributed by atoms with Gasteiger partial charge in [0, 0.05) is 37.0 Å². The van der Waals surface area contributed by atoms with Crippen molar-refractivity contribution in [3.05, 3.63) is 88.8 Å². The zero-order valence-corrected chi connectivity index (χ0v) is 18.7. The Hall–Kier alpha value is -3.28. The quantitative estimate of drug-likeness (QED) is 0.496. The van der Waals surface area contributed by atoms with Crippen LogP contribution < -0.4 is 10.9 Å². The van der Waals surface area contributed by atoms with E-state index in [-0.39, 0.29) is 5.56 Å². The first kappa shape index (κ1) is 20.3. The molecule has 6 rings (SSSR count). The number of nitrogens with one attached hydrogen (secondary N) is 2. The maximum atomic E-state index is 12.4. The van der Waals surface area contributed by atoms with Crippen molar-refractivity contribution in [2.45, 2.75) is 19.4 Å². The van der Waals surface area contributed by atoms with Crippen molar-refractivity contribution < 1.29 is 0 Å². The van der Waals surface area contributed by atoms with Gasteiger partial charge in [-0.2, -0.15) is 0 Å². The van der Waals surface area contributed by atoms with Gasteiger partial charge in [0.1, 0.15) is 0 Å². The van der Waals surface area contributed by atoms with Crippen molar-refractivity contribution in [2.75, 3.05) is 26.2 Å². The fraction of sp³-hybridized carbons (Fsp3) is 0.286. The molecule has 4 heterocycles. The van der Waals surface area contributed by atoms with Crippen LogP contribution in [0.2, 0.25) is 0 Å². The van der Waals surface area contributed by atoms with Crippen LogP contribution in [0.25, 0.3) is 33.3 Å². The minimum absolute atomic E-state index is 0.111. The Bertz CT molecular complexity index is 1330. The maximum Gasteiger partial charge on any atom is 0.257 e. The molecule has 2 aromatic heterocycles. The molecule has 4 aromatic rings. The maximum absolute atomic E-state index is 12.4. The number of piperidine rings is 1. The van der Waals surface area contributed by atoms with Crippen LogP contribution in [0.5, 0.6) is 0 Å². The summed E-state index contributed by atoms with van der Waals surface area (Å²) in [4.78, 5) is 22.7. The average molecular weight is 437 g/mol. The summed E-state index contributed by atoms with van der Waals surface area (Å²) in [6, 6.07) is 22.8. The van der Waals surface area contributed by atoms with Crippen molar-refractivity contribution in [1.82, 2.24) is 20.2 Å². The molecular formula is C28H28N4O. The minimum atomic E-state index is -0.111. The zero-order valence-electron chi connectivity index (χ0n) is 18.7. The van der Waals surface area contributed by atoms with E-state index in [0.717, 1.165) is 42.0 Å². The number of pyridine rings is 2. The highest BCUT2D eigenvalue weighted by molar-refractivity contribution is 5.91. The number of benzene rings is 2. The molecule has 1 spiro atoms. The molecule has 0 radical (unpaired) electrons. The SMILES string of the molecule is O=c1[nH]ccc2nc(-c3ccc(CN4CC5(CCNCC5)C4)cc3)c(-c3ccccc3)cc12. The number of hydrogen-bond donors (Lipinski definition) is 2. The van der Waals surface area contributed by atoms with E-state index in [1.165, 1.54) is 31.5 Å². The first-order valence-electron chi connectivity index (χ1n) is 11.8. The normalized spacial score (nSPS) is 17.8. The summed E-state index contributed by atoms with van der Waals surface area (Å²) in [6.45, 7) is 5.76. The second-order valence-electron chi connectivity index (χ2n) is 9.58. The number of likely N-dealkylation sites (tertiary alicyclic amines) is 1. The number of aromatic amines is 1. The monoisotopic (exact) mass is 436 g/mol. The van der Waals surface area contributed by atoms with Gasteiger partial charge in [-0.05, 0) is 54.6 Å². The van der Waals surface area contributed by atoms with E-state index in [1.807, 2.05) is 30.3 Å². The Balaban J connectivity index is 1.30. The standard InChI is InChI=1S/C28H28N4O/c33-27-24-16-23(21-4-2-1-3-5-21)26(31-25(24)10-13-30-27)22-8-6-20(7-9-22)17-32-18-28(19-32)11-14-29-15-12-28/h1-10,13,16,29H,11-12,14-15,17-19H2,(H,30,33). The van der Waals surface area contributed by atoms with E-state index in [0.29, 0.717) is 16.3 Å². The summed E-state index contributed by atoms with van der Waals surface area (Å²) in [5.41, 5.74) is 6.50. The molecule has 0 unspecified atom stereocenters. The molecule has 166 valence electrons. The highest BCUT2D eigenvalue weighted by Gasteiger charge is 2.42. The van der Waals surface area contributed by atoms with Gasteiger partial charge in [-0.1, -0.05) is 54.6 Å². The van der Waals surface area contributed by atoms with Crippen molar-refractivity contribution in [2.24, 2.45) is 5.41 Å². The molecular weight excluding hydrogens is 408 g/mol. The molecule has 0 aliphatic carbocycles. The second kappa shape index (κ2) is 8.25. The zero-order chi connectivity index (χ0) is 22.3. The van der Waals surface area contributed by atoms with E-state index in [9.17, 15) is 4.79 Å². The third-order valence-corrected chi connectivity index (χ3v) is 7.25. The molecule has 2 aliphatic heterocycles. The van der Waals surface area contributed by atoms with Crippen molar-refractivity contribution in [3.63, 3.8) is 0 Å². The Labute approximate surface area is 193 Å². The lowest BCUT2D eigenvalue weighted by Gasteiger charge is -2.52. The first-order chi connectivity index (χ1) is 16.2. The van der Waals surface area contributed by atoms with Gasteiger partial charge in [0.25, 0.3) is 5.56 Å². The molecule has 0 bridgehead atoms. The van der Waals surface area contributed by atoms with Gasteiger partial charge < -0.3 is 10.3 Å². The van der Waals surface area contributed by atoms with Gasteiger partial charge >= 0.3 is 0 Å². The molecule has 2 aromatic carbocycles. The Kier molecular flexibility index (Phi) is 5.08. The molecule has 2 fully saturated rings. The van der Waals surface area contributed by atoms with Crippen LogP contribution in [0, 0.1) is 5.41 Å². The Morgan fingerprint density at radius 2 is 1.67 bits per heavy atom. The van der Waals surface area contributed by atoms with Gasteiger partial charge in [-0.15, -0.1) is 0 Å². The Morgan fingerprint density at radius 1 is 0.909 bits per heavy atom. The summed E-state index contributed by atoms with van der Waals surface area (Å²) in [5.74, 6) is 0. The van der Waals surface area contributed by atoms with Crippen LogP contribution in [0.3, 0.4) is 0 Å². The van der Waals surface area contributed by atoms with Crippen LogP contribution >= 0.6 is 0 Å². The summed E-state index contributed by atoms with van der Waals surface area (Å²) < 4.78 is 0. The third kappa shape index (κ3) is 3.88. The number of nitrogens with zero attached hydrogens (tertiary/aromatic N) is 2. The minimum Gasteiger partial charge on any atom is -0.328 e. The molecule has 2 saturated heterocycles. The van der Waals surface area contributed by atoms with E-state index in [4.69, 9.17) is 4.98 Å². The topological polar surface area (TPSA) is 61.0 Å². The van der Waals surface area contributed by atoms with Crippen molar-refractivity contribution >= 4 is 10.9 Å². The second-order valence-corrected chi connectivity index (χ2v) is 9.58. The number of rotatable bonds is 4. The molecule has 0 amide bonds. The fourth-order valence-corrected chi connectivity index (χ4v) is 5.48. The smallest absolute Gasteiger partial charge is 0.257 e. The summed E-state index contributed by atoms with van der Waals surface area (Å²) in [7, 11) is 0. The fourth-order valence-electron chi connectivity index (χ4n) is 5.48. The summed E-state index contributed by atoms with van der Waals surface area (Å²) >= 11 is 0. The molecule has 5 nitrogen and oxygen atoms in total. The number of fused-ring (bicyclic) bond motifs is 1. The molecule has 5 heteroatoms.